The second kappa shape index (κ2) is 6.56. The number of ether oxygens (including phenoxy) is 1. The van der Waals surface area contributed by atoms with Crippen LogP contribution in [0.5, 0.6) is 5.75 Å². The molecule has 27 heavy (non-hydrogen) atoms. The monoisotopic (exact) mass is 396 g/mol. The van der Waals surface area contributed by atoms with Crippen molar-refractivity contribution >= 4 is 21.8 Å². The molecule has 146 valence electrons. The largest absolute Gasteiger partial charge is 0.495 e. The number of likely N-dealkylation sites (tertiary alicyclic amines) is 1. The third kappa shape index (κ3) is 2.93. The molecular formula is C18H21FN2O5S. The molecule has 7 nitrogen and oxygen atoms in total. The number of halogens is 1. The third-order valence-electron chi connectivity index (χ3n) is 5.78. The van der Waals surface area contributed by atoms with Crippen molar-refractivity contribution in [2.24, 2.45) is 0 Å². The highest BCUT2D eigenvalue weighted by atomic mass is 32.2. The van der Waals surface area contributed by atoms with Gasteiger partial charge in [0, 0.05) is 31.0 Å². The van der Waals surface area contributed by atoms with Gasteiger partial charge in [-0.05, 0) is 43.9 Å². The summed E-state index contributed by atoms with van der Waals surface area (Å²) in [6.45, 7) is 0. The topological polar surface area (TPSA) is 84.0 Å². The molecule has 1 aromatic rings. The molecule has 0 saturated carbocycles. The van der Waals surface area contributed by atoms with Crippen molar-refractivity contribution in [3.63, 3.8) is 0 Å². The summed E-state index contributed by atoms with van der Waals surface area (Å²) in [5.41, 5.74) is 0. The molecule has 2 unspecified atom stereocenters. The molecule has 3 saturated heterocycles. The highest BCUT2D eigenvalue weighted by Crippen LogP contribution is 2.43. The van der Waals surface area contributed by atoms with Gasteiger partial charge in [0.15, 0.2) is 0 Å². The Kier molecular flexibility index (Phi) is 4.46. The summed E-state index contributed by atoms with van der Waals surface area (Å²) >= 11 is 0. The lowest BCUT2D eigenvalue weighted by atomic mass is 9.98. The number of methoxy groups -OCH3 is 1. The van der Waals surface area contributed by atoms with Crippen LogP contribution < -0.4 is 4.74 Å². The van der Waals surface area contributed by atoms with Crippen molar-refractivity contribution < 1.29 is 27.1 Å². The fourth-order valence-electron chi connectivity index (χ4n) is 4.68. The van der Waals surface area contributed by atoms with Crippen molar-refractivity contribution in [2.45, 2.75) is 61.5 Å². The minimum absolute atomic E-state index is 0.0998. The Balaban J connectivity index is 1.64. The van der Waals surface area contributed by atoms with E-state index in [1.165, 1.54) is 22.4 Å². The Hall–Kier alpha value is -2.00. The van der Waals surface area contributed by atoms with Crippen LogP contribution in [0.2, 0.25) is 0 Å². The smallest absolute Gasteiger partial charge is 0.247 e. The summed E-state index contributed by atoms with van der Waals surface area (Å²) in [5, 5.41) is 0. The van der Waals surface area contributed by atoms with E-state index in [0.29, 0.717) is 25.7 Å². The van der Waals surface area contributed by atoms with E-state index in [-0.39, 0.29) is 53.4 Å². The zero-order valence-electron chi connectivity index (χ0n) is 14.9. The van der Waals surface area contributed by atoms with E-state index in [9.17, 15) is 22.4 Å². The number of amides is 2. The Morgan fingerprint density at radius 2 is 1.63 bits per heavy atom. The lowest BCUT2D eigenvalue weighted by Crippen LogP contribution is -2.53. The molecule has 4 rings (SSSR count). The van der Waals surface area contributed by atoms with Gasteiger partial charge >= 0.3 is 0 Å². The first-order valence-corrected chi connectivity index (χ1v) is 10.5. The van der Waals surface area contributed by atoms with Gasteiger partial charge in [0.2, 0.25) is 21.8 Å². The van der Waals surface area contributed by atoms with Gasteiger partial charge in [-0.2, -0.15) is 4.31 Å². The van der Waals surface area contributed by atoms with Crippen LogP contribution in [0.3, 0.4) is 0 Å². The van der Waals surface area contributed by atoms with E-state index < -0.39 is 15.8 Å². The standard InChI is InChI=1S/C18H21FN2O5S/c1-26-15-5-2-11(19)8-16(15)27(24,25)21-12-3-4-13(21)10-14(9-12)20-17(22)6-7-18(20)23/h2,5,8,12-14H,3-4,6-7,9-10H2,1H3. The highest BCUT2D eigenvalue weighted by Gasteiger charge is 2.51. The van der Waals surface area contributed by atoms with Crippen LogP contribution >= 0.6 is 0 Å². The Morgan fingerprint density at radius 3 is 2.19 bits per heavy atom. The van der Waals surface area contributed by atoms with Gasteiger partial charge in [-0.25, -0.2) is 12.8 Å². The first-order valence-electron chi connectivity index (χ1n) is 9.05. The molecule has 2 bridgehead atoms. The van der Waals surface area contributed by atoms with E-state index in [4.69, 9.17) is 4.74 Å². The molecule has 3 fully saturated rings. The van der Waals surface area contributed by atoms with Gasteiger partial charge in [0.05, 0.1) is 7.11 Å². The van der Waals surface area contributed by atoms with Gasteiger partial charge in [0.1, 0.15) is 16.5 Å². The van der Waals surface area contributed by atoms with E-state index in [0.717, 1.165) is 12.1 Å². The number of rotatable bonds is 4. The van der Waals surface area contributed by atoms with Crippen LogP contribution in [0.1, 0.15) is 38.5 Å². The molecule has 0 aliphatic carbocycles. The number of nitrogens with zero attached hydrogens (tertiary/aromatic N) is 2. The number of piperidine rings is 1. The molecule has 0 aromatic heterocycles. The number of hydrogen-bond acceptors (Lipinski definition) is 5. The summed E-state index contributed by atoms with van der Waals surface area (Å²) in [5.74, 6) is -0.896. The molecule has 2 amide bonds. The van der Waals surface area contributed by atoms with Crippen LogP contribution in [-0.4, -0.2) is 54.7 Å². The second-order valence-electron chi connectivity index (χ2n) is 7.30. The molecular weight excluding hydrogens is 375 g/mol. The Morgan fingerprint density at radius 1 is 1.04 bits per heavy atom. The summed E-state index contributed by atoms with van der Waals surface area (Å²) < 4.78 is 46.8. The molecule has 3 aliphatic rings. The first kappa shape index (κ1) is 18.4. The predicted molar refractivity (Wildman–Crippen MR) is 92.9 cm³/mol. The lowest BCUT2D eigenvalue weighted by molar-refractivity contribution is -0.142. The maximum absolute atomic E-state index is 13.7. The minimum atomic E-state index is -3.96. The number of sulfonamides is 1. The average molecular weight is 396 g/mol. The molecule has 1 aromatic carbocycles. The molecule has 3 aliphatic heterocycles. The normalized spacial score (nSPS) is 28.8. The number of imide groups is 1. The SMILES string of the molecule is COc1ccc(F)cc1S(=O)(=O)N1C2CCC1CC(N1C(=O)CCC1=O)C2. The third-order valence-corrected chi connectivity index (χ3v) is 7.80. The highest BCUT2D eigenvalue weighted by molar-refractivity contribution is 7.89. The zero-order chi connectivity index (χ0) is 19.3. The first-order chi connectivity index (χ1) is 12.8. The maximum atomic E-state index is 13.7. The van der Waals surface area contributed by atoms with Crippen LogP contribution in [-0.2, 0) is 19.6 Å². The van der Waals surface area contributed by atoms with Crippen LogP contribution in [0, 0.1) is 5.82 Å². The van der Waals surface area contributed by atoms with Crippen LogP contribution in [0.4, 0.5) is 4.39 Å². The maximum Gasteiger partial charge on any atom is 0.247 e. The number of benzene rings is 1. The second-order valence-corrected chi connectivity index (χ2v) is 9.11. The van der Waals surface area contributed by atoms with Crippen LogP contribution in [0.25, 0.3) is 0 Å². The lowest BCUT2D eigenvalue weighted by Gasteiger charge is -2.40. The number of hydrogen-bond donors (Lipinski definition) is 0. The predicted octanol–water partition coefficient (Wildman–Crippen LogP) is 1.67. The van der Waals surface area contributed by atoms with Crippen LogP contribution in [0.15, 0.2) is 23.1 Å². The Labute approximate surface area is 157 Å². The summed E-state index contributed by atoms with van der Waals surface area (Å²) in [6, 6.07) is 2.56. The van der Waals surface area contributed by atoms with E-state index in [2.05, 4.69) is 0 Å². The van der Waals surface area contributed by atoms with E-state index in [1.807, 2.05) is 0 Å². The van der Waals surface area contributed by atoms with Crippen molar-refractivity contribution in [3.8, 4) is 5.75 Å². The van der Waals surface area contributed by atoms with Gasteiger partial charge in [-0.15, -0.1) is 0 Å². The summed E-state index contributed by atoms with van der Waals surface area (Å²) in [7, 11) is -2.61. The Bertz CT molecular complexity index is 873. The van der Waals surface area contributed by atoms with E-state index in [1.54, 1.807) is 0 Å². The molecule has 9 heteroatoms. The van der Waals surface area contributed by atoms with Crippen molar-refractivity contribution in [2.75, 3.05) is 7.11 Å². The van der Waals surface area contributed by atoms with Crippen molar-refractivity contribution in [1.82, 2.24) is 9.21 Å². The zero-order valence-corrected chi connectivity index (χ0v) is 15.7. The number of carbonyl (C=O) groups is 2. The minimum Gasteiger partial charge on any atom is -0.495 e. The molecule has 0 spiro atoms. The summed E-state index contributed by atoms with van der Waals surface area (Å²) in [4.78, 5) is 25.3. The molecule has 0 radical (unpaired) electrons. The van der Waals surface area contributed by atoms with Crippen molar-refractivity contribution in [1.29, 1.82) is 0 Å². The molecule has 0 N–H and O–H groups in total. The van der Waals surface area contributed by atoms with Gasteiger partial charge in [-0.1, -0.05) is 0 Å². The van der Waals surface area contributed by atoms with Crippen molar-refractivity contribution in [3.05, 3.63) is 24.0 Å². The number of fused-ring (bicyclic) bond motifs is 2. The van der Waals surface area contributed by atoms with Gasteiger partial charge in [0.25, 0.3) is 0 Å². The van der Waals surface area contributed by atoms with Gasteiger partial charge in [-0.3, -0.25) is 14.5 Å². The fourth-order valence-corrected chi connectivity index (χ4v) is 6.74. The fraction of sp³-hybridized carbons (Fsp3) is 0.556. The van der Waals surface area contributed by atoms with Gasteiger partial charge < -0.3 is 4.74 Å². The quantitative estimate of drug-likeness (QED) is 0.723. The summed E-state index contributed by atoms with van der Waals surface area (Å²) in [6.07, 6.45) is 2.62. The van der Waals surface area contributed by atoms with E-state index >= 15 is 0 Å². The molecule has 3 heterocycles. The number of carbonyl (C=O) groups excluding carboxylic acids is 2. The molecule has 2 atom stereocenters. The average Bonchev–Trinajstić information content (AvgIpc) is 3.11.